The number of pyridine rings is 1. The summed E-state index contributed by atoms with van der Waals surface area (Å²) >= 11 is 0. The zero-order chi connectivity index (χ0) is 30.0. The summed E-state index contributed by atoms with van der Waals surface area (Å²) < 4.78 is 48.8. The number of halogens is 2. The second kappa shape index (κ2) is 12.0. The van der Waals surface area contributed by atoms with Crippen LogP contribution in [0.15, 0.2) is 35.3 Å². The van der Waals surface area contributed by atoms with E-state index in [1.807, 2.05) is 6.92 Å². The third kappa shape index (κ3) is 5.48. The number of fused-ring (bicyclic) bond motifs is 1. The number of piperazine rings is 1. The average Bonchev–Trinajstić information content (AvgIpc) is 2.95. The molecule has 2 aromatic carbocycles. The molecule has 0 spiro atoms. The summed E-state index contributed by atoms with van der Waals surface area (Å²) in [7, 11) is 4.41. The van der Waals surface area contributed by atoms with Gasteiger partial charge < -0.3 is 28.6 Å². The molecule has 1 aliphatic rings. The number of carbonyl (C=O) groups is 2. The van der Waals surface area contributed by atoms with Crippen molar-refractivity contribution in [1.29, 1.82) is 0 Å². The second-order valence-corrected chi connectivity index (χ2v) is 9.74. The number of carbonyl (C=O) groups excluding carboxylic acids is 2. The predicted molar refractivity (Wildman–Crippen MR) is 152 cm³/mol. The molecule has 1 aromatic heterocycles. The van der Waals surface area contributed by atoms with Crippen LogP contribution in [0.1, 0.15) is 36.7 Å². The van der Waals surface area contributed by atoms with E-state index in [0.29, 0.717) is 29.4 Å². The zero-order valence-corrected chi connectivity index (χ0v) is 23.9. The summed E-state index contributed by atoms with van der Waals surface area (Å²) in [4.78, 5) is 41.6. The number of hydrogen-bond acceptors (Lipinski definition) is 7. The number of allylic oxidation sites excluding steroid dienone is 1. The molecule has 0 aliphatic carbocycles. The lowest BCUT2D eigenvalue weighted by Gasteiger charge is -2.40. The number of rotatable bonds is 8. The Morgan fingerprint density at radius 3 is 2.24 bits per heavy atom. The molecule has 3 aromatic rings. The first-order valence-corrected chi connectivity index (χ1v) is 13.2. The van der Waals surface area contributed by atoms with Gasteiger partial charge in [-0.15, -0.1) is 0 Å². The van der Waals surface area contributed by atoms with Gasteiger partial charge in [-0.2, -0.15) is 0 Å². The van der Waals surface area contributed by atoms with Crippen molar-refractivity contribution in [2.24, 2.45) is 0 Å². The molecule has 1 unspecified atom stereocenters. The van der Waals surface area contributed by atoms with Crippen molar-refractivity contribution in [2.45, 2.75) is 33.4 Å². The van der Waals surface area contributed by atoms with Gasteiger partial charge in [-0.05, 0) is 43.7 Å². The molecule has 1 atom stereocenters. The van der Waals surface area contributed by atoms with Crippen LogP contribution in [0, 0.1) is 11.6 Å². The van der Waals surface area contributed by atoms with Gasteiger partial charge in [0.1, 0.15) is 11.5 Å². The van der Waals surface area contributed by atoms with Gasteiger partial charge in [-0.25, -0.2) is 8.78 Å². The van der Waals surface area contributed by atoms with Crippen LogP contribution in [0.2, 0.25) is 0 Å². The fourth-order valence-corrected chi connectivity index (χ4v) is 5.28. The van der Waals surface area contributed by atoms with Crippen LogP contribution in [0.5, 0.6) is 17.2 Å². The van der Waals surface area contributed by atoms with E-state index in [-0.39, 0.29) is 53.7 Å². The lowest BCUT2D eigenvalue weighted by atomic mass is 10.0. The van der Waals surface area contributed by atoms with Crippen molar-refractivity contribution in [2.75, 3.05) is 45.9 Å². The Bertz CT molecular complexity index is 1570. The molecule has 0 saturated carbocycles. The maximum atomic E-state index is 16.0. The smallest absolute Gasteiger partial charge is 0.219 e. The highest BCUT2D eigenvalue weighted by Gasteiger charge is 2.30. The SMILES string of the molecule is CCn1cc(C(=O)C=Cc2cc(OC)c(OC)c(OC)c2)c(=O)c2cc(F)c(N3CCN(C(C)=O)C(C)C3)c(F)c21. The lowest BCUT2D eigenvalue weighted by Crippen LogP contribution is -2.54. The minimum absolute atomic E-state index is 0.0827. The van der Waals surface area contributed by atoms with Crippen molar-refractivity contribution in [1.82, 2.24) is 9.47 Å². The molecule has 0 bridgehead atoms. The molecule has 1 aliphatic heterocycles. The first-order valence-electron chi connectivity index (χ1n) is 13.2. The van der Waals surface area contributed by atoms with Gasteiger partial charge in [0.25, 0.3) is 0 Å². The summed E-state index contributed by atoms with van der Waals surface area (Å²) in [6, 6.07) is 4.02. The zero-order valence-electron chi connectivity index (χ0n) is 23.9. The second-order valence-electron chi connectivity index (χ2n) is 9.74. The predicted octanol–water partition coefficient (Wildman–Crippen LogP) is 4.28. The standard InChI is InChI=1S/C30H33F2N3O6/c1-7-33-16-21(23(37)9-8-19-12-24(39-4)30(41-6)25(13-19)40-5)29(38)20-14-22(31)28(26(32)27(20)33)34-10-11-35(18(3)36)17(2)15-34/h8-9,12-14,16-17H,7,10-11,15H2,1-6H3. The van der Waals surface area contributed by atoms with E-state index in [2.05, 4.69) is 0 Å². The third-order valence-electron chi connectivity index (χ3n) is 7.30. The largest absolute Gasteiger partial charge is 0.493 e. The van der Waals surface area contributed by atoms with E-state index in [9.17, 15) is 14.4 Å². The highest BCUT2D eigenvalue weighted by atomic mass is 19.1. The number of ether oxygens (including phenoxy) is 3. The Morgan fingerprint density at radius 2 is 1.71 bits per heavy atom. The number of amides is 1. The molecular weight excluding hydrogens is 536 g/mol. The number of ketones is 1. The van der Waals surface area contributed by atoms with Crippen LogP contribution in [0.4, 0.5) is 14.5 Å². The maximum absolute atomic E-state index is 16.0. The lowest BCUT2D eigenvalue weighted by molar-refractivity contribution is -0.131. The quantitative estimate of drug-likeness (QED) is 0.296. The summed E-state index contributed by atoms with van der Waals surface area (Å²) in [5.74, 6) is -1.36. The molecule has 1 amide bonds. The van der Waals surface area contributed by atoms with Crippen LogP contribution >= 0.6 is 0 Å². The molecule has 41 heavy (non-hydrogen) atoms. The van der Waals surface area contributed by atoms with Crippen molar-refractivity contribution in [3.63, 3.8) is 0 Å². The topological polar surface area (TPSA) is 90.3 Å². The highest BCUT2D eigenvalue weighted by Crippen LogP contribution is 2.38. The first kappa shape index (κ1) is 29.6. The molecule has 4 rings (SSSR count). The van der Waals surface area contributed by atoms with Crippen LogP contribution in [-0.2, 0) is 11.3 Å². The van der Waals surface area contributed by atoms with Crippen LogP contribution in [0.3, 0.4) is 0 Å². The molecule has 1 saturated heterocycles. The molecular formula is C30H33F2N3O6. The summed E-state index contributed by atoms with van der Waals surface area (Å²) in [5, 5.41) is -0.229. The van der Waals surface area contributed by atoms with Crippen molar-refractivity contribution >= 4 is 34.4 Å². The third-order valence-corrected chi connectivity index (χ3v) is 7.30. The van der Waals surface area contributed by atoms with Crippen LogP contribution in [-0.4, -0.2) is 68.2 Å². The normalized spacial score (nSPS) is 15.5. The summed E-state index contributed by atoms with van der Waals surface area (Å²) in [6.07, 6.45) is 3.99. The van der Waals surface area contributed by atoms with E-state index < -0.39 is 22.8 Å². The van der Waals surface area contributed by atoms with Gasteiger partial charge in [-0.1, -0.05) is 6.08 Å². The molecule has 0 N–H and O–H groups in total. The van der Waals surface area contributed by atoms with E-state index in [1.54, 1.807) is 28.9 Å². The van der Waals surface area contributed by atoms with Gasteiger partial charge in [0.05, 0.1) is 37.8 Å². The van der Waals surface area contributed by atoms with Gasteiger partial charge in [0.15, 0.2) is 23.1 Å². The Hall–Kier alpha value is -4.41. The highest BCUT2D eigenvalue weighted by molar-refractivity contribution is 6.08. The summed E-state index contributed by atoms with van der Waals surface area (Å²) in [6.45, 7) is 6.03. The first-order chi connectivity index (χ1) is 19.6. The Balaban J connectivity index is 1.75. The number of aryl methyl sites for hydroxylation is 1. The molecule has 1 fully saturated rings. The number of hydrogen-bond donors (Lipinski definition) is 0. The number of benzene rings is 2. The van der Waals surface area contributed by atoms with E-state index in [4.69, 9.17) is 14.2 Å². The van der Waals surface area contributed by atoms with Crippen LogP contribution in [0.25, 0.3) is 17.0 Å². The van der Waals surface area contributed by atoms with E-state index in [1.165, 1.54) is 51.2 Å². The molecule has 2 heterocycles. The minimum Gasteiger partial charge on any atom is -0.493 e. The molecule has 0 radical (unpaired) electrons. The maximum Gasteiger partial charge on any atom is 0.219 e. The monoisotopic (exact) mass is 569 g/mol. The van der Waals surface area contributed by atoms with Gasteiger partial charge >= 0.3 is 0 Å². The van der Waals surface area contributed by atoms with E-state index in [0.717, 1.165) is 6.07 Å². The number of methoxy groups -OCH3 is 3. The Kier molecular flexibility index (Phi) is 8.65. The number of anilines is 1. The fourth-order valence-electron chi connectivity index (χ4n) is 5.28. The Morgan fingerprint density at radius 1 is 1.05 bits per heavy atom. The van der Waals surface area contributed by atoms with Crippen LogP contribution < -0.4 is 24.5 Å². The molecule has 9 nitrogen and oxygen atoms in total. The van der Waals surface area contributed by atoms with Crippen molar-refractivity contribution in [3.8, 4) is 17.2 Å². The van der Waals surface area contributed by atoms with Gasteiger partial charge in [-0.3, -0.25) is 14.4 Å². The van der Waals surface area contributed by atoms with Crippen molar-refractivity contribution < 1.29 is 32.6 Å². The van der Waals surface area contributed by atoms with Gasteiger partial charge in [0, 0.05) is 45.3 Å². The Labute approximate surface area is 236 Å². The fraction of sp³-hybridized carbons (Fsp3) is 0.367. The average molecular weight is 570 g/mol. The van der Waals surface area contributed by atoms with E-state index >= 15 is 8.78 Å². The van der Waals surface area contributed by atoms with Crippen molar-refractivity contribution in [3.05, 3.63) is 63.5 Å². The molecule has 218 valence electrons. The molecule has 11 heteroatoms. The van der Waals surface area contributed by atoms with Gasteiger partial charge in [0.2, 0.25) is 17.1 Å². The minimum atomic E-state index is -0.907. The summed E-state index contributed by atoms with van der Waals surface area (Å²) in [5.41, 5.74) is -0.789. The number of aromatic nitrogens is 1. The number of nitrogens with zero attached hydrogens (tertiary/aromatic N) is 3.